The van der Waals surface area contributed by atoms with Crippen LogP contribution in [0.1, 0.15) is 35.0 Å². The van der Waals surface area contributed by atoms with Crippen molar-refractivity contribution in [3.63, 3.8) is 0 Å². The summed E-state index contributed by atoms with van der Waals surface area (Å²) in [5.74, 6) is 2.24. The van der Waals surface area contributed by atoms with E-state index < -0.39 is 0 Å². The number of carbonyl (C=O) groups is 1. The number of aromatic nitrogens is 2. The zero-order chi connectivity index (χ0) is 19.8. The van der Waals surface area contributed by atoms with Gasteiger partial charge in [-0.1, -0.05) is 23.7 Å². The van der Waals surface area contributed by atoms with Gasteiger partial charge in [0.05, 0.1) is 16.5 Å². The molecule has 1 unspecified atom stereocenters. The largest absolute Gasteiger partial charge is 0.454 e. The molecule has 3 heterocycles. The van der Waals surface area contributed by atoms with Crippen LogP contribution in [0.15, 0.2) is 46.9 Å². The number of amides is 1. The molecule has 29 heavy (non-hydrogen) atoms. The van der Waals surface area contributed by atoms with E-state index in [1.165, 1.54) is 0 Å². The van der Waals surface area contributed by atoms with E-state index in [2.05, 4.69) is 10.2 Å². The average Bonchev–Trinajstić information content (AvgIpc) is 3.43. The number of carbonyl (C=O) groups excluding carboxylic acids is 1. The summed E-state index contributed by atoms with van der Waals surface area (Å²) in [6.45, 7) is 1.42. The Labute approximate surface area is 172 Å². The molecule has 0 bridgehead atoms. The number of rotatable bonds is 3. The van der Waals surface area contributed by atoms with Crippen LogP contribution in [0.2, 0.25) is 5.02 Å². The molecular formula is C21H18ClN3O4. The Bertz CT molecular complexity index is 1070. The van der Waals surface area contributed by atoms with Gasteiger partial charge < -0.3 is 18.8 Å². The highest BCUT2D eigenvalue weighted by Gasteiger charge is 2.30. The predicted molar refractivity (Wildman–Crippen MR) is 105 cm³/mol. The van der Waals surface area contributed by atoms with E-state index in [0.717, 1.165) is 18.4 Å². The monoisotopic (exact) mass is 411 g/mol. The van der Waals surface area contributed by atoms with Crippen molar-refractivity contribution in [3.8, 4) is 23.0 Å². The van der Waals surface area contributed by atoms with Gasteiger partial charge in [-0.3, -0.25) is 4.79 Å². The van der Waals surface area contributed by atoms with Crippen molar-refractivity contribution < 1.29 is 18.7 Å². The van der Waals surface area contributed by atoms with Crippen LogP contribution >= 0.6 is 11.6 Å². The average molecular weight is 412 g/mol. The Hall–Kier alpha value is -3.06. The van der Waals surface area contributed by atoms with Crippen molar-refractivity contribution >= 4 is 17.5 Å². The maximum Gasteiger partial charge on any atom is 0.255 e. The summed E-state index contributed by atoms with van der Waals surface area (Å²) in [7, 11) is 0. The number of ether oxygens (including phenoxy) is 2. The van der Waals surface area contributed by atoms with E-state index in [1.54, 1.807) is 17.0 Å². The number of hydrogen-bond acceptors (Lipinski definition) is 6. The number of nitrogens with zero attached hydrogens (tertiary/aromatic N) is 3. The highest BCUT2D eigenvalue weighted by Crippen LogP contribution is 2.36. The number of halogens is 1. The van der Waals surface area contributed by atoms with Gasteiger partial charge >= 0.3 is 0 Å². The predicted octanol–water partition coefficient (Wildman–Crippen LogP) is 4.14. The van der Waals surface area contributed by atoms with Gasteiger partial charge in [-0.2, -0.15) is 0 Å². The molecule has 0 N–H and O–H groups in total. The molecule has 1 atom stereocenters. The molecule has 1 fully saturated rings. The first-order valence-electron chi connectivity index (χ1n) is 9.46. The fraction of sp³-hybridized carbons (Fsp3) is 0.286. The van der Waals surface area contributed by atoms with Crippen LogP contribution in [-0.4, -0.2) is 40.9 Å². The summed E-state index contributed by atoms with van der Waals surface area (Å²) in [5, 5.41) is 8.89. The van der Waals surface area contributed by atoms with Gasteiger partial charge in [0.1, 0.15) is 0 Å². The minimum Gasteiger partial charge on any atom is -0.454 e. The minimum absolute atomic E-state index is 0.00884. The number of hydrogen-bond donors (Lipinski definition) is 0. The van der Waals surface area contributed by atoms with Crippen LogP contribution in [0.5, 0.6) is 11.5 Å². The third-order valence-corrected chi connectivity index (χ3v) is 5.55. The van der Waals surface area contributed by atoms with Crippen molar-refractivity contribution in [1.29, 1.82) is 0 Å². The van der Waals surface area contributed by atoms with Crippen LogP contribution in [-0.2, 0) is 0 Å². The third-order valence-electron chi connectivity index (χ3n) is 5.22. The molecule has 2 aliphatic heterocycles. The lowest BCUT2D eigenvalue weighted by atomic mass is 9.97. The molecule has 0 radical (unpaired) electrons. The molecule has 7 nitrogen and oxygen atoms in total. The first-order valence-corrected chi connectivity index (χ1v) is 9.84. The number of piperidine rings is 1. The maximum absolute atomic E-state index is 12.9. The summed E-state index contributed by atoms with van der Waals surface area (Å²) in [6, 6.07) is 12.6. The van der Waals surface area contributed by atoms with Crippen molar-refractivity contribution in [2.75, 3.05) is 19.9 Å². The zero-order valence-corrected chi connectivity index (χ0v) is 16.3. The quantitative estimate of drug-likeness (QED) is 0.644. The van der Waals surface area contributed by atoms with Crippen LogP contribution in [0.25, 0.3) is 11.5 Å². The normalized spacial score (nSPS) is 18.1. The second kappa shape index (κ2) is 7.40. The summed E-state index contributed by atoms with van der Waals surface area (Å²) >= 11 is 6.20. The Kier molecular flexibility index (Phi) is 4.60. The van der Waals surface area contributed by atoms with Gasteiger partial charge in [-0.05, 0) is 43.2 Å². The summed E-state index contributed by atoms with van der Waals surface area (Å²) in [4.78, 5) is 14.7. The summed E-state index contributed by atoms with van der Waals surface area (Å²) in [6.07, 6.45) is 1.75. The number of benzene rings is 2. The molecule has 8 heteroatoms. The van der Waals surface area contributed by atoms with Gasteiger partial charge in [0.2, 0.25) is 18.6 Å². The highest BCUT2D eigenvalue weighted by molar-refractivity contribution is 6.33. The molecule has 5 rings (SSSR count). The second-order valence-electron chi connectivity index (χ2n) is 7.08. The molecule has 0 saturated carbocycles. The number of fused-ring (bicyclic) bond motifs is 1. The Morgan fingerprint density at radius 2 is 1.97 bits per heavy atom. The van der Waals surface area contributed by atoms with Gasteiger partial charge in [0, 0.05) is 18.7 Å². The lowest BCUT2D eigenvalue weighted by Crippen LogP contribution is -2.39. The lowest BCUT2D eigenvalue weighted by Gasteiger charge is -2.31. The molecule has 2 aliphatic rings. The van der Waals surface area contributed by atoms with E-state index >= 15 is 0 Å². The second-order valence-corrected chi connectivity index (χ2v) is 7.49. The molecule has 1 amide bonds. The minimum atomic E-state index is -0.0733. The molecule has 3 aromatic rings. The van der Waals surface area contributed by atoms with E-state index in [0.29, 0.717) is 47.0 Å². The van der Waals surface area contributed by atoms with Gasteiger partial charge in [0.15, 0.2) is 11.5 Å². The van der Waals surface area contributed by atoms with Crippen molar-refractivity contribution in [1.82, 2.24) is 15.1 Å². The standard InChI is InChI=1S/C21H18ClN3O4/c22-16-6-2-1-5-15(16)21(26)25-9-3-4-14(11-25)20-24-23-19(29-20)13-7-8-17-18(10-13)28-12-27-17/h1-2,5-8,10,14H,3-4,9,11-12H2. The van der Waals surface area contributed by atoms with Gasteiger partial charge in [-0.25, -0.2) is 0 Å². The zero-order valence-electron chi connectivity index (χ0n) is 15.5. The van der Waals surface area contributed by atoms with E-state index in [-0.39, 0.29) is 18.6 Å². The van der Waals surface area contributed by atoms with Crippen molar-refractivity contribution in [2.45, 2.75) is 18.8 Å². The Balaban J connectivity index is 1.34. The van der Waals surface area contributed by atoms with E-state index in [4.69, 9.17) is 25.5 Å². The van der Waals surface area contributed by atoms with Crippen molar-refractivity contribution in [2.24, 2.45) is 0 Å². The molecule has 0 spiro atoms. The maximum atomic E-state index is 12.9. The summed E-state index contributed by atoms with van der Waals surface area (Å²) in [5.41, 5.74) is 1.29. The molecular weight excluding hydrogens is 394 g/mol. The molecule has 1 aromatic heterocycles. The molecule has 2 aromatic carbocycles. The Morgan fingerprint density at radius 1 is 1.10 bits per heavy atom. The highest BCUT2D eigenvalue weighted by atomic mass is 35.5. The van der Waals surface area contributed by atoms with Crippen molar-refractivity contribution in [3.05, 3.63) is 58.9 Å². The van der Waals surface area contributed by atoms with Crippen LogP contribution < -0.4 is 9.47 Å². The van der Waals surface area contributed by atoms with E-state index in [9.17, 15) is 4.79 Å². The SMILES string of the molecule is O=C(c1ccccc1Cl)N1CCCC(c2nnc(-c3ccc4c(c3)OCO4)o2)C1. The Morgan fingerprint density at radius 3 is 2.86 bits per heavy atom. The topological polar surface area (TPSA) is 77.7 Å². The molecule has 0 aliphatic carbocycles. The van der Waals surface area contributed by atoms with Crippen LogP contribution in [0.3, 0.4) is 0 Å². The molecule has 1 saturated heterocycles. The summed E-state index contributed by atoms with van der Waals surface area (Å²) < 4.78 is 16.7. The fourth-order valence-corrected chi connectivity index (χ4v) is 3.93. The fourth-order valence-electron chi connectivity index (χ4n) is 3.71. The molecule has 148 valence electrons. The van der Waals surface area contributed by atoms with Crippen LogP contribution in [0, 0.1) is 0 Å². The number of likely N-dealkylation sites (tertiary alicyclic amines) is 1. The lowest BCUT2D eigenvalue weighted by molar-refractivity contribution is 0.0698. The first kappa shape index (κ1) is 18.0. The van der Waals surface area contributed by atoms with Gasteiger partial charge in [0.25, 0.3) is 5.91 Å². The van der Waals surface area contributed by atoms with Crippen LogP contribution in [0.4, 0.5) is 0 Å². The third kappa shape index (κ3) is 3.42. The van der Waals surface area contributed by atoms with E-state index in [1.807, 2.05) is 30.3 Å². The first-order chi connectivity index (χ1) is 14.2. The smallest absolute Gasteiger partial charge is 0.255 e. The van der Waals surface area contributed by atoms with Gasteiger partial charge in [-0.15, -0.1) is 10.2 Å².